The van der Waals surface area contributed by atoms with E-state index in [0.29, 0.717) is 5.92 Å². The molecule has 1 aliphatic carbocycles. The highest BCUT2D eigenvalue weighted by Gasteiger charge is 2.31. The Hall–Kier alpha value is -0.610. The summed E-state index contributed by atoms with van der Waals surface area (Å²) in [6, 6.07) is 0. The van der Waals surface area contributed by atoms with Crippen LogP contribution >= 0.6 is 11.3 Å². The lowest BCUT2D eigenvalue weighted by molar-refractivity contribution is 0.0784. The van der Waals surface area contributed by atoms with Gasteiger partial charge in [-0.1, -0.05) is 19.3 Å². The number of rotatable bonds is 2. The van der Waals surface area contributed by atoms with Crippen molar-refractivity contribution in [2.75, 3.05) is 31.2 Å². The molecule has 0 amide bonds. The van der Waals surface area contributed by atoms with E-state index < -0.39 is 0 Å². The molecule has 3 rings (SSSR count). The van der Waals surface area contributed by atoms with E-state index >= 15 is 0 Å². The fourth-order valence-corrected chi connectivity index (χ4v) is 3.74. The molecule has 0 radical (unpaired) electrons. The monoisotopic (exact) mass is 266 g/mol. The van der Waals surface area contributed by atoms with Crippen LogP contribution in [0.4, 0.5) is 5.13 Å². The number of aryl methyl sites for hydroxylation is 2. The fraction of sp³-hybridized carbons (Fsp3) is 0.786. The summed E-state index contributed by atoms with van der Waals surface area (Å²) >= 11 is 1.83. The number of aromatic nitrogens is 1. The van der Waals surface area contributed by atoms with Gasteiger partial charge in [-0.05, 0) is 19.8 Å². The van der Waals surface area contributed by atoms with Gasteiger partial charge in [-0.25, -0.2) is 4.98 Å². The molecule has 2 aliphatic rings. The molecule has 2 fully saturated rings. The van der Waals surface area contributed by atoms with Crippen LogP contribution in [0.25, 0.3) is 0 Å². The molecule has 18 heavy (non-hydrogen) atoms. The largest absolute Gasteiger partial charge is 0.379 e. The van der Waals surface area contributed by atoms with E-state index in [0.717, 1.165) is 32.2 Å². The zero-order chi connectivity index (χ0) is 12.5. The molecule has 3 nitrogen and oxygen atoms in total. The first-order chi connectivity index (χ1) is 8.74. The molecule has 2 heterocycles. The number of thiazole rings is 1. The van der Waals surface area contributed by atoms with Gasteiger partial charge in [0.2, 0.25) is 0 Å². The van der Waals surface area contributed by atoms with Gasteiger partial charge >= 0.3 is 0 Å². The lowest BCUT2D eigenvalue weighted by Gasteiger charge is -2.34. The van der Waals surface area contributed by atoms with Gasteiger partial charge in [-0.2, -0.15) is 0 Å². The van der Waals surface area contributed by atoms with Crippen molar-refractivity contribution in [2.24, 2.45) is 11.8 Å². The Kier molecular flexibility index (Phi) is 3.57. The summed E-state index contributed by atoms with van der Waals surface area (Å²) in [5, 5.41) is 1.19. The molecule has 1 unspecified atom stereocenters. The highest BCUT2D eigenvalue weighted by atomic mass is 32.1. The Labute approximate surface area is 113 Å². The number of ether oxygens (including phenoxy) is 1. The Morgan fingerprint density at radius 3 is 2.72 bits per heavy atom. The Balaban J connectivity index is 1.73. The molecule has 100 valence electrons. The van der Waals surface area contributed by atoms with Crippen molar-refractivity contribution in [1.29, 1.82) is 0 Å². The van der Waals surface area contributed by atoms with Crippen LogP contribution in [0.2, 0.25) is 0 Å². The van der Waals surface area contributed by atoms with Crippen molar-refractivity contribution in [3.63, 3.8) is 0 Å². The van der Waals surface area contributed by atoms with Crippen molar-refractivity contribution in [2.45, 2.75) is 33.1 Å². The summed E-state index contributed by atoms with van der Waals surface area (Å²) in [6.45, 7) is 8.19. The summed E-state index contributed by atoms with van der Waals surface area (Å²) in [4.78, 5) is 8.49. The van der Waals surface area contributed by atoms with E-state index in [1.165, 1.54) is 35.0 Å². The van der Waals surface area contributed by atoms with E-state index in [2.05, 4.69) is 18.7 Å². The van der Waals surface area contributed by atoms with Gasteiger partial charge in [0.25, 0.3) is 0 Å². The van der Waals surface area contributed by atoms with Crippen molar-refractivity contribution < 1.29 is 4.74 Å². The van der Waals surface area contributed by atoms with Crippen LogP contribution < -0.4 is 4.90 Å². The maximum absolute atomic E-state index is 5.79. The summed E-state index contributed by atoms with van der Waals surface area (Å²) in [7, 11) is 0. The third kappa shape index (κ3) is 2.41. The average molecular weight is 266 g/mol. The summed E-state index contributed by atoms with van der Waals surface area (Å²) in [5.41, 5.74) is 1.18. The predicted molar refractivity (Wildman–Crippen MR) is 75.5 cm³/mol. The zero-order valence-corrected chi connectivity index (χ0v) is 12.1. The van der Waals surface area contributed by atoms with Crippen molar-refractivity contribution >= 4 is 16.5 Å². The van der Waals surface area contributed by atoms with E-state index in [1.807, 2.05) is 11.3 Å². The minimum atomic E-state index is 0.714. The Bertz CT molecular complexity index is 394. The molecule has 0 spiro atoms. The molecular weight excluding hydrogens is 244 g/mol. The third-order valence-corrected chi connectivity index (χ3v) is 5.53. The molecule has 0 aromatic carbocycles. The maximum atomic E-state index is 5.79. The average Bonchev–Trinajstić information content (AvgIpc) is 2.51. The van der Waals surface area contributed by atoms with Crippen molar-refractivity contribution in [1.82, 2.24) is 4.98 Å². The quantitative estimate of drug-likeness (QED) is 0.823. The van der Waals surface area contributed by atoms with Gasteiger partial charge in [0.1, 0.15) is 0 Å². The second-order valence-electron chi connectivity index (χ2n) is 5.61. The molecule has 1 atom stereocenters. The SMILES string of the molecule is Cc1nc(N2CCOCC(C3CCC3)C2)sc1C. The van der Waals surface area contributed by atoms with Crippen LogP contribution in [-0.4, -0.2) is 31.3 Å². The van der Waals surface area contributed by atoms with Crippen molar-refractivity contribution in [3.05, 3.63) is 10.6 Å². The van der Waals surface area contributed by atoms with Crippen LogP contribution in [-0.2, 0) is 4.74 Å². The molecule has 0 bridgehead atoms. The van der Waals surface area contributed by atoms with Gasteiger partial charge in [-0.3, -0.25) is 0 Å². The first-order valence-corrected chi connectivity index (χ1v) is 7.82. The van der Waals surface area contributed by atoms with Crippen molar-refractivity contribution in [3.8, 4) is 0 Å². The van der Waals surface area contributed by atoms with Crippen LogP contribution in [0.5, 0.6) is 0 Å². The molecule has 1 saturated carbocycles. The lowest BCUT2D eigenvalue weighted by Crippen LogP contribution is -2.35. The highest BCUT2D eigenvalue weighted by molar-refractivity contribution is 7.15. The topological polar surface area (TPSA) is 25.4 Å². The molecule has 1 aromatic rings. The molecule has 1 aromatic heterocycles. The van der Waals surface area contributed by atoms with Gasteiger partial charge in [0.15, 0.2) is 5.13 Å². The van der Waals surface area contributed by atoms with Crippen LogP contribution in [0.1, 0.15) is 29.8 Å². The Morgan fingerprint density at radius 2 is 2.11 bits per heavy atom. The number of hydrogen-bond donors (Lipinski definition) is 0. The first kappa shape index (κ1) is 12.4. The molecule has 1 aliphatic heterocycles. The normalized spacial score (nSPS) is 25.9. The van der Waals surface area contributed by atoms with Crippen LogP contribution in [0.3, 0.4) is 0 Å². The van der Waals surface area contributed by atoms with Crippen LogP contribution in [0, 0.1) is 25.7 Å². The smallest absolute Gasteiger partial charge is 0.185 e. The lowest BCUT2D eigenvalue weighted by atomic mass is 9.76. The van der Waals surface area contributed by atoms with E-state index in [-0.39, 0.29) is 0 Å². The second kappa shape index (κ2) is 5.17. The van der Waals surface area contributed by atoms with Gasteiger partial charge < -0.3 is 9.64 Å². The maximum Gasteiger partial charge on any atom is 0.185 e. The highest BCUT2D eigenvalue weighted by Crippen LogP contribution is 2.36. The summed E-state index contributed by atoms with van der Waals surface area (Å²) in [6.07, 6.45) is 4.21. The van der Waals surface area contributed by atoms with Gasteiger partial charge in [0, 0.05) is 23.9 Å². The minimum Gasteiger partial charge on any atom is -0.379 e. The molecule has 4 heteroatoms. The summed E-state index contributed by atoms with van der Waals surface area (Å²) in [5.74, 6) is 1.61. The van der Waals surface area contributed by atoms with Gasteiger partial charge in [0.05, 0.1) is 18.9 Å². The fourth-order valence-electron chi connectivity index (χ4n) is 2.80. The molecule has 1 saturated heterocycles. The second-order valence-corrected chi connectivity index (χ2v) is 6.79. The zero-order valence-electron chi connectivity index (χ0n) is 11.3. The Morgan fingerprint density at radius 1 is 1.28 bits per heavy atom. The standard InChI is InChI=1S/C14H22N2OS/c1-10-11(2)18-14(15-10)16-6-7-17-9-13(8-16)12-4-3-5-12/h12-13H,3-9H2,1-2H3. The number of hydrogen-bond acceptors (Lipinski definition) is 4. The number of nitrogens with zero attached hydrogens (tertiary/aromatic N) is 2. The number of anilines is 1. The third-order valence-electron chi connectivity index (χ3n) is 4.40. The van der Waals surface area contributed by atoms with Crippen LogP contribution in [0.15, 0.2) is 0 Å². The van der Waals surface area contributed by atoms with Gasteiger partial charge in [-0.15, -0.1) is 11.3 Å². The first-order valence-electron chi connectivity index (χ1n) is 7.01. The van der Waals surface area contributed by atoms with E-state index in [4.69, 9.17) is 9.72 Å². The van der Waals surface area contributed by atoms with E-state index in [1.54, 1.807) is 0 Å². The summed E-state index contributed by atoms with van der Waals surface area (Å²) < 4.78 is 5.79. The molecule has 0 N–H and O–H groups in total. The minimum absolute atomic E-state index is 0.714. The van der Waals surface area contributed by atoms with E-state index in [9.17, 15) is 0 Å². The predicted octanol–water partition coefficient (Wildman–Crippen LogP) is 3.01. The molecular formula is C14H22N2OS.